The molecule has 0 unspecified atom stereocenters. The van der Waals surface area contributed by atoms with E-state index in [9.17, 15) is 4.79 Å². The molecule has 1 N–H and O–H groups in total. The van der Waals surface area contributed by atoms with Crippen molar-refractivity contribution in [2.75, 3.05) is 59.0 Å². The topological polar surface area (TPSA) is 44.8 Å². The fourth-order valence-electron chi connectivity index (χ4n) is 3.98. The maximum atomic E-state index is 12.4. The third kappa shape index (κ3) is 6.68. The number of likely N-dealkylation sites (tertiary alicyclic amines) is 1. The van der Waals surface area contributed by atoms with E-state index in [-0.39, 0.29) is 24.8 Å². The molecule has 142 valence electrons. The van der Waals surface area contributed by atoms with Crippen LogP contribution in [0, 0.1) is 11.8 Å². The molecule has 0 radical (unpaired) electrons. The molecule has 0 bridgehead atoms. The Morgan fingerprint density at radius 1 is 0.917 bits per heavy atom. The van der Waals surface area contributed by atoms with E-state index in [0.29, 0.717) is 11.8 Å². The highest BCUT2D eigenvalue weighted by Gasteiger charge is 2.26. The highest BCUT2D eigenvalue weighted by atomic mass is 35.5. The summed E-state index contributed by atoms with van der Waals surface area (Å²) in [7, 11) is 0. The zero-order valence-electron chi connectivity index (χ0n) is 14.6. The van der Waals surface area contributed by atoms with Gasteiger partial charge in [-0.25, -0.2) is 0 Å². The van der Waals surface area contributed by atoms with Crippen LogP contribution in [-0.4, -0.2) is 74.7 Å². The van der Waals surface area contributed by atoms with Gasteiger partial charge in [0.25, 0.3) is 0 Å². The van der Waals surface area contributed by atoms with Gasteiger partial charge in [0.05, 0.1) is 13.2 Å². The number of carbonyl (C=O) groups is 1. The smallest absolute Gasteiger partial charge is 0.222 e. The van der Waals surface area contributed by atoms with Gasteiger partial charge >= 0.3 is 0 Å². The van der Waals surface area contributed by atoms with Crippen molar-refractivity contribution in [2.45, 2.75) is 32.1 Å². The van der Waals surface area contributed by atoms with E-state index in [1.807, 2.05) is 0 Å². The molecular weight excluding hydrogens is 349 g/mol. The SMILES string of the molecule is Cl.Cl.O=C(CC1CCNCC1)N1CCC(CN2CCOCC2)CC1. The average molecular weight is 382 g/mol. The fraction of sp³-hybridized carbons (Fsp3) is 0.941. The first-order chi connectivity index (χ1) is 10.8. The monoisotopic (exact) mass is 381 g/mol. The van der Waals surface area contributed by atoms with Crippen molar-refractivity contribution in [3.05, 3.63) is 0 Å². The summed E-state index contributed by atoms with van der Waals surface area (Å²) in [5.74, 6) is 1.78. The Morgan fingerprint density at radius 2 is 1.54 bits per heavy atom. The molecular formula is C17H33Cl2N3O2. The molecule has 1 amide bonds. The standard InChI is InChI=1S/C17H31N3O2.2ClH/c21-17(13-15-1-5-18-6-2-15)20-7-3-16(4-8-20)14-19-9-11-22-12-10-19;;/h15-16,18H,1-14H2;2*1H. The molecule has 24 heavy (non-hydrogen) atoms. The van der Waals surface area contributed by atoms with Crippen molar-refractivity contribution in [2.24, 2.45) is 11.8 Å². The molecule has 0 aromatic heterocycles. The second-order valence-corrected chi connectivity index (χ2v) is 7.13. The van der Waals surface area contributed by atoms with Gasteiger partial charge in [-0.1, -0.05) is 0 Å². The van der Waals surface area contributed by atoms with E-state index in [2.05, 4.69) is 15.1 Å². The Balaban J connectivity index is 0.00000144. The van der Waals surface area contributed by atoms with Crippen molar-refractivity contribution < 1.29 is 9.53 Å². The predicted molar refractivity (Wildman–Crippen MR) is 101 cm³/mol. The lowest BCUT2D eigenvalue weighted by molar-refractivity contribution is -0.133. The quantitative estimate of drug-likeness (QED) is 0.805. The lowest BCUT2D eigenvalue weighted by atomic mass is 9.92. The Hall–Kier alpha value is -0.0700. The minimum atomic E-state index is 0. The van der Waals surface area contributed by atoms with Gasteiger partial charge in [0, 0.05) is 39.1 Å². The number of rotatable bonds is 4. The summed E-state index contributed by atoms with van der Waals surface area (Å²) >= 11 is 0. The summed E-state index contributed by atoms with van der Waals surface area (Å²) in [6.07, 6.45) is 5.46. The number of ether oxygens (including phenoxy) is 1. The molecule has 0 aromatic rings. The summed E-state index contributed by atoms with van der Waals surface area (Å²) in [5, 5.41) is 3.37. The third-order valence-electron chi connectivity index (χ3n) is 5.51. The number of nitrogens with zero attached hydrogens (tertiary/aromatic N) is 2. The highest BCUT2D eigenvalue weighted by Crippen LogP contribution is 2.22. The summed E-state index contributed by atoms with van der Waals surface area (Å²) in [4.78, 5) is 17.1. The molecule has 3 aliphatic rings. The van der Waals surface area contributed by atoms with Crippen molar-refractivity contribution >= 4 is 30.7 Å². The van der Waals surface area contributed by atoms with Crippen LogP contribution in [0.25, 0.3) is 0 Å². The van der Waals surface area contributed by atoms with Crippen molar-refractivity contribution in [3.63, 3.8) is 0 Å². The van der Waals surface area contributed by atoms with Crippen LogP contribution in [0.1, 0.15) is 32.1 Å². The van der Waals surface area contributed by atoms with Crippen LogP contribution in [0.3, 0.4) is 0 Å². The van der Waals surface area contributed by atoms with Crippen LogP contribution < -0.4 is 5.32 Å². The van der Waals surface area contributed by atoms with Gasteiger partial charge in [0.15, 0.2) is 0 Å². The molecule has 0 atom stereocenters. The maximum absolute atomic E-state index is 12.4. The molecule has 3 rings (SSSR count). The Morgan fingerprint density at radius 3 is 2.17 bits per heavy atom. The lowest BCUT2D eigenvalue weighted by Gasteiger charge is -2.36. The van der Waals surface area contributed by atoms with Crippen LogP contribution in [-0.2, 0) is 9.53 Å². The normalized spacial score (nSPS) is 24.1. The zero-order valence-corrected chi connectivity index (χ0v) is 16.2. The van der Waals surface area contributed by atoms with Crippen LogP contribution in [0.15, 0.2) is 0 Å². The van der Waals surface area contributed by atoms with Gasteiger partial charge in [0.1, 0.15) is 0 Å². The molecule has 3 aliphatic heterocycles. The molecule has 3 heterocycles. The summed E-state index contributed by atoms with van der Waals surface area (Å²) in [6.45, 7) is 9.22. The molecule has 0 aromatic carbocycles. The number of piperidine rings is 2. The lowest BCUT2D eigenvalue weighted by Crippen LogP contribution is -2.44. The number of morpholine rings is 1. The zero-order chi connectivity index (χ0) is 15.2. The van der Waals surface area contributed by atoms with Gasteiger partial charge in [-0.2, -0.15) is 0 Å². The van der Waals surface area contributed by atoms with E-state index >= 15 is 0 Å². The highest BCUT2D eigenvalue weighted by molar-refractivity contribution is 5.85. The first-order valence-corrected chi connectivity index (χ1v) is 9.10. The second-order valence-electron chi connectivity index (χ2n) is 7.13. The molecule has 7 heteroatoms. The molecule has 0 spiro atoms. The van der Waals surface area contributed by atoms with E-state index in [4.69, 9.17) is 4.74 Å². The van der Waals surface area contributed by atoms with Gasteiger partial charge in [-0.15, -0.1) is 24.8 Å². The largest absolute Gasteiger partial charge is 0.379 e. The predicted octanol–water partition coefficient (Wildman–Crippen LogP) is 1.79. The molecule has 5 nitrogen and oxygen atoms in total. The Bertz CT molecular complexity index is 354. The number of amides is 1. The second kappa shape index (κ2) is 11.5. The minimum Gasteiger partial charge on any atom is -0.379 e. The summed E-state index contributed by atoms with van der Waals surface area (Å²) < 4.78 is 5.41. The van der Waals surface area contributed by atoms with Crippen LogP contribution in [0.5, 0.6) is 0 Å². The molecule has 0 saturated carbocycles. The number of hydrogen-bond acceptors (Lipinski definition) is 4. The third-order valence-corrected chi connectivity index (χ3v) is 5.51. The number of carbonyl (C=O) groups excluding carboxylic acids is 1. The van der Waals surface area contributed by atoms with Gasteiger partial charge in [-0.05, 0) is 50.6 Å². The number of halogens is 2. The first kappa shape index (κ1) is 22.0. The van der Waals surface area contributed by atoms with E-state index in [0.717, 1.165) is 64.8 Å². The van der Waals surface area contributed by atoms with E-state index in [1.54, 1.807) is 0 Å². The van der Waals surface area contributed by atoms with Crippen molar-refractivity contribution in [3.8, 4) is 0 Å². The Kier molecular flexibility index (Phi) is 10.6. The van der Waals surface area contributed by atoms with E-state index in [1.165, 1.54) is 32.2 Å². The minimum absolute atomic E-state index is 0. The fourth-order valence-corrected chi connectivity index (χ4v) is 3.98. The van der Waals surface area contributed by atoms with Crippen LogP contribution in [0.4, 0.5) is 0 Å². The molecule has 3 saturated heterocycles. The van der Waals surface area contributed by atoms with E-state index < -0.39 is 0 Å². The van der Waals surface area contributed by atoms with Gasteiger partial charge in [0.2, 0.25) is 5.91 Å². The summed E-state index contributed by atoms with van der Waals surface area (Å²) in [5.41, 5.74) is 0. The molecule has 3 fully saturated rings. The average Bonchev–Trinajstić information content (AvgIpc) is 2.57. The summed E-state index contributed by atoms with van der Waals surface area (Å²) in [6, 6.07) is 0. The van der Waals surface area contributed by atoms with Gasteiger partial charge in [-0.3, -0.25) is 9.69 Å². The maximum Gasteiger partial charge on any atom is 0.222 e. The van der Waals surface area contributed by atoms with Crippen LogP contribution >= 0.6 is 24.8 Å². The molecule has 0 aliphatic carbocycles. The number of nitrogens with one attached hydrogen (secondary N) is 1. The number of hydrogen-bond donors (Lipinski definition) is 1. The Labute approximate surface area is 158 Å². The first-order valence-electron chi connectivity index (χ1n) is 9.10. The van der Waals surface area contributed by atoms with Crippen molar-refractivity contribution in [1.82, 2.24) is 15.1 Å². The van der Waals surface area contributed by atoms with Crippen molar-refractivity contribution in [1.29, 1.82) is 0 Å². The van der Waals surface area contributed by atoms with Crippen LogP contribution in [0.2, 0.25) is 0 Å². The van der Waals surface area contributed by atoms with Gasteiger partial charge < -0.3 is 15.0 Å².